The van der Waals surface area contributed by atoms with Gasteiger partial charge in [0.1, 0.15) is 5.78 Å². The summed E-state index contributed by atoms with van der Waals surface area (Å²) < 4.78 is 0. The highest BCUT2D eigenvalue weighted by atomic mass is 16.1. The predicted molar refractivity (Wildman–Crippen MR) is 62.6 cm³/mol. The molecule has 1 heteroatoms. The van der Waals surface area contributed by atoms with Crippen LogP contribution >= 0.6 is 0 Å². The topological polar surface area (TPSA) is 17.1 Å². The Kier molecular flexibility index (Phi) is 2.68. The van der Waals surface area contributed by atoms with Crippen LogP contribution < -0.4 is 0 Å². The molecule has 0 spiro atoms. The highest BCUT2D eigenvalue weighted by molar-refractivity contribution is 5.82. The van der Waals surface area contributed by atoms with Gasteiger partial charge in [0.2, 0.25) is 0 Å². The molecule has 0 amide bonds. The second-order valence-electron chi connectivity index (χ2n) is 6.64. The number of carbonyl (C=O) groups excluding carboxylic acids is 1. The van der Waals surface area contributed by atoms with Crippen LogP contribution in [0, 0.1) is 29.1 Å². The fraction of sp³-hybridized carbons (Fsp3) is 0.929. The van der Waals surface area contributed by atoms with Crippen molar-refractivity contribution < 1.29 is 4.79 Å². The fourth-order valence-corrected chi connectivity index (χ4v) is 4.00. The first-order valence-corrected chi connectivity index (χ1v) is 6.44. The Hall–Kier alpha value is -0.330. The van der Waals surface area contributed by atoms with Crippen LogP contribution in [0.4, 0.5) is 0 Å². The maximum atomic E-state index is 12.0. The van der Waals surface area contributed by atoms with E-state index in [-0.39, 0.29) is 0 Å². The monoisotopic (exact) mass is 208 g/mol. The van der Waals surface area contributed by atoms with Crippen molar-refractivity contribution >= 4 is 5.78 Å². The van der Waals surface area contributed by atoms with Crippen LogP contribution in [0.15, 0.2) is 0 Å². The molecule has 15 heavy (non-hydrogen) atoms. The van der Waals surface area contributed by atoms with E-state index < -0.39 is 0 Å². The number of Topliss-reactive ketones (excluding diaryl/α,β-unsaturated/α-hetero) is 1. The number of hydrogen-bond acceptors (Lipinski definition) is 1. The number of ketones is 1. The molecule has 4 atom stereocenters. The Bertz CT molecular complexity index is 267. The summed E-state index contributed by atoms with van der Waals surface area (Å²) in [5.41, 5.74) is 0.390. The van der Waals surface area contributed by atoms with Gasteiger partial charge < -0.3 is 0 Å². The van der Waals surface area contributed by atoms with Crippen LogP contribution in [0.1, 0.15) is 53.4 Å². The van der Waals surface area contributed by atoms with Crippen molar-refractivity contribution in [1.82, 2.24) is 0 Å². The van der Waals surface area contributed by atoms with Gasteiger partial charge >= 0.3 is 0 Å². The first-order valence-electron chi connectivity index (χ1n) is 6.44. The largest absolute Gasteiger partial charge is 0.299 e. The predicted octanol–water partition coefficient (Wildman–Crippen LogP) is 3.67. The Balaban J connectivity index is 2.27. The summed E-state index contributed by atoms with van der Waals surface area (Å²) in [6.07, 6.45) is 4.45. The van der Waals surface area contributed by atoms with E-state index in [1.54, 1.807) is 0 Å². The van der Waals surface area contributed by atoms with Gasteiger partial charge in [0.15, 0.2) is 0 Å². The molecule has 0 bridgehead atoms. The lowest BCUT2D eigenvalue weighted by molar-refractivity contribution is -0.137. The smallest absolute Gasteiger partial charge is 0.136 e. The van der Waals surface area contributed by atoms with Crippen molar-refractivity contribution in [1.29, 1.82) is 0 Å². The summed E-state index contributed by atoms with van der Waals surface area (Å²) in [7, 11) is 0. The average molecular weight is 208 g/mol. The van der Waals surface area contributed by atoms with Gasteiger partial charge in [0.05, 0.1) is 0 Å². The first-order chi connectivity index (χ1) is 6.92. The molecule has 2 aliphatic carbocycles. The quantitative estimate of drug-likeness (QED) is 0.593. The van der Waals surface area contributed by atoms with Crippen molar-refractivity contribution in [3.63, 3.8) is 0 Å². The lowest BCUT2D eigenvalue weighted by Gasteiger charge is -2.50. The van der Waals surface area contributed by atoms with Gasteiger partial charge in [-0.3, -0.25) is 4.79 Å². The Morgan fingerprint density at radius 1 is 1.20 bits per heavy atom. The van der Waals surface area contributed by atoms with Gasteiger partial charge in [0, 0.05) is 12.3 Å². The fourth-order valence-electron chi connectivity index (χ4n) is 4.00. The van der Waals surface area contributed by atoms with Gasteiger partial charge in [-0.25, -0.2) is 0 Å². The van der Waals surface area contributed by atoms with Crippen LogP contribution in [0.2, 0.25) is 0 Å². The molecular weight excluding hydrogens is 184 g/mol. The number of fused-ring (bicyclic) bond motifs is 1. The lowest BCUT2D eigenvalue weighted by Crippen LogP contribution is -2.47. The van der Waals surface area contributed by atoms with E-state index in [0.29, 0.717) is 29.0 Å². The Morgan fingerprint density at radius 2 is 1.87 bits per heavy atom. The molecule has 2 rings (SSSR count). The molecule has 3 unspecified atom stereocenters. The number of rotatable bonds is 0. The van der Waals surface area contributed by atoms with E-state index >= 15 is 0 Å². The highest BCUT2D eigenvalue weighted by Gasteiger charge is 2.48. The molecule has 0 aromatic heterocycles. The SMILES string of the molecule is CC1CC2C(C(=O)CCC2(C)C)[C@@H](C)C1. The van der Waals surface area contributed by atoms with E-state index in [4.69, 9.17) is 0 Å². The van der Waals surface area contributed by atoms with Crippen molar-refractivity contribution in [3.8, 4) is 0 Å². The molecule has 0 aliphatic heterocycles. The zero-order valence-corrected chi connectivity index (χ0v) is 10.5. The second kappa shape index (κ2) is 3.61. The molecule has 0 radical (unpaired) electrons. The van der Waals surface area contributed by atoms with Gasteiger partial charge in [0.25, 0.3) is 0 Å². The van der Waals surface area contributed by atoms with Crippen LogP contribution in [0.5, 0.6) is 0 Å². The molecular formula is C14H24O. The third-order valence-corrected chi connectivity index (χ3v) is 4.87. The van der Waals surface area contributed by atoms with Gasteiger partial charge in [-0.2, -0.15) is 0 Å². The molecule has 2 aliphatic rings. The number of carbonyl (C=O) groups is 1. The zero-order valence-electron chi connectivity index (χ0n) is 10.5. The molecule has 0 heterocycles. The van der Waals surface area contributed by atoms with E-state index in [9.17, 15) is 4.79 Å². The van der Waals surface area contributed by atoms with Crippen LogP contribution in [0.25, 0.3) is 0 Å². The van der Waals surface area contributed by atoms with Crippen molar-refractivity contribution in [2.45, 2.75) is 53.4 Å². The minimum atomic E-state index is 0.380. The maximum absolute atomic E-state index is 12.0. The summed E-state index contributed by atoms with van der Waals surface area (Å²) in [6, 6.07) is 0. The highest BCUT2D eigenvalue weighted by Crippen LogP contribution is 2.52. The molecule has 2 saturated carbocycles. The summed E-state index contributed by atoms with van der Waals surface area (Å²) in [4.78, 5) is 12.0. The molecule has 2 fully saturated rings. The van der Waals surface area contributed by atoms with Crippen LogP contribution in [-0.2, 0) is 4.79 Å². The summed E-state index contributed by atoms with van der Waals surface area (Å²) in [6.45, 7) is 9.36. The van der Waals surface area contributed by atoms with Crippen LogP contribution in [-0.4, -0.2) is 5.78 Å². The molecule has 0 N–H and O–H groups in total. The van der Waals surface area contributed by atoms with E-state index in [1.807, 2.05) is 0 Å². The summed E-state index contributed by atoms with van der Waals surface area (Å²) in [5, 5.41) is 0. The first kappa shape index (κ1) is 11.2. The summed E-state index contributed by atoms with van der Waals surface area (Å²) in [5.74, 6) is 3.01. The van der Waals surface area contributed by atoms with Crippen molar-refractivity contribution in [2.24, 2.45) is 29.1 Å². The van der Waals surface area contributed by atoms with E-state index in [2.05, 4.69) is 27.7 Å². The standard InChI is InChI=1S/C14H24O/c1-9-7-10(2)13-11(8-9)14(3,4)6-5-12(13)15/h9-11,13H,5-8H2,1-4H3/t9?,10-,11?,13?/m0/s1. The van der Waals surface area contributed by atoms with Crippen LogP contribution in [0.3, 0.4) is 0 Å². The molecule has 0 aromatic rings. The average Bonchev–Trinajstić information content (AvgIpc) is 2.11. The normalized spacial score (nSPS) is 44.9. The molecule has 0 saturated heterocycles. The molecule has 1 nitrogen and oxygen atoms in total. The third-order valence-electron chi connectivity index (χ3n) is 4.87. The third kappa shape index (κ3) is 1.86. The van der Waals surface area contributed by atoms with Gasteiger partial charge in [-0.05, 0) is 42.4 Å². The molecule has 0 aromatic carbocycles. The van der Waals surface area contributed by atoms with E-state index in [0.717, 1.165) is 18.8 Å². The van der Waals surface area contributed by atoms with Gasteiger partial charge in [-0.15, -0.1) is 0 Å². The minimum Gasteiger partial charge on any atom is -0.299 e. The second-order valence-corrected chi connectivity index (χ2v) is 6.64. The van der Waals surface area contributed by atoms with Crippen molar-refractivity contribution in [2.75, 3.05) is 0 Å². The Morgan fingerprint density at radius 3 is 2.53 bits per heavy atom. The van der Waals surface area contributed by atoms with E-state index in [1.165, 1.54) is 12.8 Å². The number of hydrogen-bond donors (Lipinski definition) is 0. The van der Waals surface area contributed by atoms with Gasteiger partial charge in [-0.1, -0.05) is 27.7 Å². The summed E-state index contributed by atoms with van der Waals surface area (Å²) >= 11 is 0. The zero-order chi connectivity index (χ0) is 11.2. The maximum Gasteiger partial charge on any atom is 0.136 e. The van der Waals surface area contributed by atoms with Crippen molar-refractivity contribution in [3.05, 3.63) is 0 Å². The minimum absolute atomic E-state index is 0.380. The molecule has 86 valence electrons. The lowest BCUT2D eigenvalue weighted by atomic mass is 9.54. The Labute approximate surface area is 93.6 Å².